The summed E-state index contributed by atoms with van der Waals surface area (Å²) in [6.07, 6.45) is 0. The largest absolute Gasteiger partial charge is 0.449 e. The van der Waals surface area contributed by atoms with E-state index in [1.807, 2.05) is 0 Å². The van der Waals surface area contributed by atoms with E-state index < -0.39 is 22.2 Å². The Morgan fingerprint density at radius 3 is 2.18 bits per heavy atom. The molecule has 0 aromatic rings. The zero-order valence-corrected chi connectivity index (χ0v) is 7.38. The lowest BCUT2D eigenvalue weighted by atomic mass is 10.5. The summed E-state index contributed by atoms with van der Waals surface area (Å²) in [6, 6.07) is 0. The highest BCUT2D eigenvalue weighted by atomic mass is 79.9. The summed E-state index contributed by atoms with van der Waals surface area (Å²) in [6.45, 7) is 0. The highest BCUT2D eigenvalue weighted by Crippen LogP contribution is 1.91. The van der Waals surface area contributed by atoms with Crippen molar-refractivity contribution in [2.75, 3.05) is 5.33 Å². The normalized spacial score (nSPS) is 10.7. The molecule has 8 heteroatoms. The molecule has 0 aromatic carbocycles. The summed E-state index contributed by atoms with van der Waals surface area (Å²) in [4.78, 5) is 20.5. The number of carbonyl (C=O) groups is 2. The molecular weight excluding hydrogens is 244 g/mol. The third-order valence-electron chi connectivity index (χ3n) is 0.530. The molecule has 1 N–H and O–H groups in total. The van der Waals surface area contributed by atoms with Crippen molar-refractivity contribution in [3.05, 3.63) is 0 Å². The molecule has 0 aliphatic heterocycles. The number of rotatable bonds is 3. The first-order chi connectivity index (χ1) is 4.87. The number of hydrogen-bond donors (Lipinski definition) is 1. The molecule has 0 unspecified atom stereocenters. The fourth-order valence-electron chi connectivity index (χ4n) is 0.197. The maximum absolute atomic E-state index is 10.3. The smallest absolute Gasteiger partial charge is 0.317 e. The Kier molecular flexibility index (Phi) is 3.63. The first-order valence-electron chi connectivity index (χ1n) is 2.17. The Hall–Kier alpha value is -0.470. The van der Waals surface area contributed by atoms with Crippen LogP contribution in [-0.4, -0.2) is 30.1 Å². The van der Waals surface area contributed by atoms with Crippen molar-refractivity contribution in [1.29, 1.82) is 0 Å². The maximum Gasteiger partial charge on any atom is 0.449 e. The van der Waals surface area contributed by atoms with Crippen LogP contribution in [0.4, 0.5) is 0 Å². The minimum Gasteiger partial charge on any atom is -0.317 e. The predicted octanol–water partition coefficient (Wildman–Crippen LogP) is -0.704. The van der Waals surface area contributed by atoms with Gasteiger partial charge >= 0.3 is 16.4 Å². The van der Waals surface area contributed by atoms with E-state index in [1.54, 1.807) is 0 Å². The van der Waals surface area contributed by atoms with Gasteiger partial charge in [-0.25, -0.2) is 4.79 Å². The molecule has 6 nitrogen and oxygen atoms in total. The molecule has 0 radical (unpaired) electrons. The second kappa shape index (κ2) is 3.79. The maximum atomic E-state index is 10.3. The van der Waals surface area contributed by atoms with Crippen LogP contribution in [0.3, 0.4) is 0 Å². The van der Waals surface area contributed by atoms with Crippen LogP contribution < -0.4 is 0 Å². The van der Waals surface area contributed by atoms with Gasteiger partial charge in [0.15, 0.2) is 0 Å². The van der Waals surface area contributed by atoms with Crippen LogP contribution in [0.15, 0.2) is 0 Å². The Labute approximate surface area is 70.6 Å². The molecule has 0 fully saturated rings. The van der Waals surface area contributed by atoms with Gasteiger partial charge in [0.05, 0.1) is 5.33 Å². The van der Waals surface area contributed by atoms with Crippen molar-refractivity contribution in [2.45, 2.75) is 0 Å². The Morgan fingerprint density at radius 2 is 1.91 bits per heavy atom. The highest BCUT2D eigenvalue weighted by Gasteiger charge is 2.19. The summed E-state index contributed by atoms with van der Waals surface area (Å²) in [5, 5.41) is -0.360. The van der Waals surface area contributed by atoms with Crippen molar-refractivity contribution in [1.82, 2.24) is 0 Å². The van der Waals surface area contributed by atoms with Crippen molar-refractivity contribution >= 4 is 38.1 Å². The fourth-order valence-corrected chi connectivity index (χ4v) is 0.710. The quantitative estimate of drug-likeness (QED) is 0.402. The van der Waals surface area contributed by atoms with Crippen LogP contribution in [0.1, 0.15) is 0 Å². The van der Waals surface area contributed by atoms with E-state index in [-0.39, 0.29) is 5.33 Å². The zero-order chi connectivity index (χ0) is 9.07. The summed E-state index contributed by atoms with van der Waals surface area (Å²) >= 11 is 2.60. The van der Waals surface area contributed by atoms with Gasteiger partial charge in [0.2, 0.25) is 0 Å². The average molecular weight is 247 g/mol. The van der Waals surface area contributed by atoms with Gasteiger partial charge in [-0.15, -0.1) is 0 Å². The minimum atomic E-state index is -4.87. The molecule has 0 aromatic heterocycles. The standard InChI is InChI=1S/C3H3BrO6S/c4-1-2(5)3(6)10-11(7,8)9/h1H2,(H,7,8,9). The molecule has 0 saturated heterocycles. The topological polar surface area (TPSA) is 97.7 Å². The minimum absolute atomic E-state index is 0.360. The van der Waals surface area contributed by atoms with E-state index in [1.165, 1.54) is 0 Å². The number of Topliss-reactive ketones (excluding diaryl/α,β-unsaturated/α-hetero) is 1. The SMILES string of the molecule is O=C(CBr)C(=O)OS(=O)(=O)O. The molecule has 0 bridgehead atoms. The van der Waals surface area contributed by atoms with Gasteiger partial charge in [0, 0.05) is 0 Å². The second-order valence-electron chi connectivity index (χ2n) is 1.36. The Morgan fingerprint density at radius 1 is 1.45 bits per heavy atom. The molecule has 0 aliphatic carbocycles. The molecular formula is C3H3BrO6S. The molecule has 0 rings (SSSR count). The van der Waals surface area contributed by atoms with Crippen molar-refractivity contribution in [3.63, 3.8) is 0 Å². The van der Waals surface area contributed by atoms with Crippen LogP contribution in [0, 0.1) is 0 Å². The van der Waals surface area contributed by atoms with E-state index in [0.717, 1.165) is 0 Å². The van der Waals surface area contributed by atoms with Crippen LogP contribution in [0.25, 0.3) is 0 Å². The molecule has 0 saturated carbocycles. The van der Waals surface area contributed by atoms with Crippen LogP contribution in [-0.2, 0) is 24.2 Å². The third kappa shape index (κ3) is 4.87. The summed E-state index contributed by atoms with van der Waals surface area (Å²) in [7, 11) is -4.87. The fraction of sp³-hybridized carbons (Fsp3) is 0.333. The van der Waals surface area contributed by atoms with E-state index in [0.29, 0.717) is 0 Å². The molecule has 0 heterocycles. The van der Waals surface area contributed by atoms with Gasteiger partial charge in [-0.05, 0) is 0 Å². The number of hydrogen-bond acceptors (Lipinski definition) is 5. The molecule has 64 valence electrons. The van der Waals surface area contributed by atoms with E-state index in [9.17, 15) is 18.0 Å². The second-order valence-corrected chi connectivity index (χ2v) is 2.94. The zero-order valence-electron chi connectivity index (χ0n) is 4.98. The Bertz CT molecular complexity index is 266. The average Bonchev–Trinajstić information content (AvgIpc) is 1.82. The number of halogens is 1. The van der Waals surface area contributed by atoms with Gasteiger partial charge in [-0.1, -0.05) is 15.9 Å². The van der Waals surface area contributed by atoms with Crippen LogP contribution >= 0.6 is 15.9 Å². The Balaban J connectivity index is 4.22. The van der Waals surface area contributed by atoms with Crippen molar-refractivity contribution < 1.29 is 26.7 Å². The lowest BCUT2D eigenvalue weighted by molar-refractivity contribution is -0.145. The summed E-state index contributed by atoms with van der Waals surface area (Å²) < 4.78 is 30.8. The first-order valence-corrected chi connectivity index (χ1v) is 4.65. The molecule has 11 heavy (non-hydrogen) atoms. The van der Waals surface area contributed by atoms with Gasteiger partial charge in [0.1, 0.15) is 0 Å². The number of carbonyl (C=O) groups excluding carboxylic acids is 2. The molecule has 0 aliphatic rings. The first kappa shape index (κ1) is 10.5. The van der Waals surface area contributed by atoms with Gasteiger partial charge in [-0.3, -0.25) is 9.35 Å². The van der Waals surface area contributed by atoms with E-state index in [4.69, 9.17) is 4.55 Å². The van der Waals surface area contributed by atoms with Crippen LogP contribution in [0.2, 0.25) is 0 Å². The third-order valence-corrected chi connectivity index (χ3v) is 1.40. The summed E-state index contributed by atoms with van der Waals surface area (Å²) in [5.74, 6) is -2.72. The molecule has 0 atom stereocenters. The summed E-state index contributed by atoms with van der Waals surface area (Å²) in [5.41, 5.74) is 0. The van der Waals surface area contributed by atoms with Gasteiger partial charge in [0.25, 0.3) is 5.78 Å². The lowest BCUT2D eigenvalue weighted by Crippen LogP contribution is -2.21. The van der Waals surface area contributed by atoms with Gasteiger partial charge in [-0.2, -0.15) is 8.42 Å². The highest BCUT2D eigenvalue weighted by molar-refractivity contribution is 9.09. The monoisotopic (exact) mass is 246 g/mol. The van der Waals surface area contributed by atoms with E-state index >= 15 is 0 Å². The predicted molar refractivity (Wildman–Crippen MR) is 36.4 cm³/mol. The molecule has 0 amide bonds. The van der Waals surface area contributed by atoms with Crippen LogP contribution in [0.5, 0.6) is 0 Å². The van der Waals surface area contributed by atoms with Crippen molar-refractivity contribution in [2.24, 2.45) is 0 Å². The van der Waals surface area contributed by atoms with Crippen molar-refractivity contribution in [3.8, 4) is 0 Å². The molecule has 0 spiro atoms. The van der Waals surface area contributed by atoms with E-state index in [2.05, 4.69) is 20.1 Å². The number of ketones is 1. The number of alkyl halides is 1. The lowest BCUT2D eigenvalue weighted by Gasteiger charge is -1.94. The van der Waals surface area contributed by atoms with Gasteiger partial charge < -0.3 is 4.18 Å².